The fourth-order valence-corrected chi connectivity index (χ4v) is 2.18. The van der Waals surface area contributed by atoms with Gasteiger partial charge in [-0.05, 0) is 41.0 Å². The van der Waals surface area contributed by atoms with E-state index in [9.17, 15) is 9.18 Å². The molecule has 3 rings (SSSR count). The normalized spacial score (nSPS) is 10.5. The first-order valence-electron chi connectivity index (χ1n) is 6.91. The molecule has 5 nitrogen and oxygen atoms in total. The predicted octanol–water partition coefficient (Wildman–Crippen LogP) is 3.48. The summed E-state index contributed by atoms with van der Waals surface area (Å²) in [5.74, 6) is -0.291. The van der Waals surface area contributed by atoms with Gasteiger partial charge in [0.15, 0.2) is 0 Å². The highest BCUT2D eigenvalue weighted by Gasteiger charge is 2.10. The first kappa shape index (κ1) is 14.8. The van der Waals surface area contributed by atoms with Gasteiger partial charge in [-0.3, -0.25) is 0 Å². The van der Waals surface area contributed by atoms with Crippen molar-refractivity contribution >= 4 is 22.7 Å². The van der Waals surface area contributed by atoms with E-state index >= 15 is 0 Å². The SMILES string of the molecule is C=C(c1ccc(F)cc1)c1ccc2[nH]c(OC(=O)NC)nc2c1. The third-order valence-electron chi connectivity index (χ3n) is 3.40. The Morgan fingerprint density at radius 2 is 1.91 bits per heavy atom. The molecule has 1 amide bonds. The molecule has 0 aliphatic carbocycles. The molecule has 3 aromatic rings. The monoisotopic (exact) mass is 311 g/mol. The van der Waals surface area contributed by atoms with Crippen LogP contribution >= 0.6 is 0 Å². The zero-order valence-corrected chi connectivity index (χ0v) is 12.4. The molecule has 0 unspecified atom stereocenters. The maximum Gasteiger partial charge on any atom is 0.414 e. The number of carbonyl (C=O) groups excluding carboxylic acids is 1. The fraction of sp³-hybridized carbons (Fsp3) is 0.0588. The van der Waals surface area contributed by atoms with Crippen LogP contribution in [0.2, 0.25) is 0 Å². The van der Waals surface area contributed by atoms with E-state index in [0.29, 0.717) is 5.52 Å². The highest BCUT2D eigenvalue weighted by atomic mass is 19.1. The van der Waals surface area contributed by atoms with Gasteiger partial charge in [0.05, 0.1) is 11.0 Å². The zero-order chi connectivity index (χ0) is 16.4. The molecule has 1 heterocycles. The maximum atomic E-state index is 13.0. The van der Waals surface area contributed by atoms with Gasteiger partial charge in [0, 0.05) is 7.05 Å². The summed E-state index contributed by atoms with van der Waals surface area (Å²) in [6, 6.07) is 11.8. The topological polar surface area (TPSA) is 67.0 Å². The number of nitrogens with one attached hydrogen (secondary N) is 2. The molecule has 116 valence electrons. The molecule has 6 heteroatoms. The van der Waals surface area contributed by atoms with Gasteiger partial charge in [-0.1, -0.05) is 24.8 Å². The summed E-state index contributed by atoms with van der Waals surface area (Å²) in [5.41, 5.74) is 3.80. The third-order valence-corrected chi connectivity index (χ3v) is 3.40. The Balaban J connectivity index is 1.91. The molecule has 0 bridgehead atoms. The van der Waals surface area contributed by atoms with Crippen LogP contribution in [0.4, 0.5) is 9.18 Å². The van der Waals surface area contributed by atoms with Crippen molar-refractivity contribution in [2.24, 2.45) is 0 Å². The molecule has 2 aromatic carbocycles. The number of halogens is 1. The molecular weight excluding hydrogens is 297 g/mol. The average molecular weight is 311 g/mol. The Hall–Kier alpha value is -3.15. The van der Waals surface area contributed by atoms with Crippen LogP contribution in [0, 0.1) is 5.82 Å². The molecule has 0 saturated carbocycles. The first-order chi connectivity index (χ1) is 11.1. The van der Waals surface area contributed by atoms with Crippen molar-refractivity contribution in [1.29, 1.82) is 0 Å². The summed E-state index contributed by atoms with van der Waals surface area (Å²) in [7, 11) is 1.47. The van der Waals surface area contributed by atoms with Gasteiger partial charge in [0.25, 0.3) is 0 Å². The van der Waals surface area contributed by atoms with Crippen LogP contribution in [0.1, 0.15) is 11.1 Å². The summed E-state index contributed by atoms with van der Waals surface area (Å²) in [6.07, 6.45) is -0.597. The lowest BCUT2D eigenvalue weighted by atomic mass is 9.99. The minimum atomic E-state index is -0.597. The van der Waals surface area contributed by atoms with Crippen LogP contribution in [0.5, 0.6) is 6.01 Å². The summed E-state index contributed by atoms with van der Waals surface area (Å²) < 4.78 is 18.0. The van der Waals surface area contributed by atoms with Gasteiger partial charge in [-0.25, -0.2) is 9.18 Å². The molecule has 23 heavy (non-hydrogen) atoms. The summed E-state index contributed by atoms with van der Waals surface area (Å²) in [5, 5.41) is 2.35. The number of aromatic nitrogens is 2. The van der Waals surface area contributed by atoms with Gasteiger partial charge >= 0.3 is 12.1 Å². The number of nitrogens with zero attached hydrogens (tertiary/aromatic N) is 1. The number of hydrogen-bond acceptors (Lipinski definition) is 3. The number of rotatable bonds is 3. The molecule has 0 fully saturated rings. The molecule has 1 aromatic heterocycles. The van der Waals surface area contributed by atoms with Crippen molar-refractivity contribution in [1.82, 2.24) is 15.3 Å². The number of aromatic amines is 1. The third kappa shape index (κ3) is 3.06. The van der Waals surface area contributed by atoms with E-state index in [4.69, 9.17) is 4.74 Å². The van der Waals surface area contributed by atoms with Gasteiger partial charge in [0.2, 0.25) is 0 Å². The number of carbonyl (C=O) groups is 1. The quantitative estimate of drug-likeness (QED) is 0.778. The number of amides is 1. The lowest BCUT2D eigenvalue weighted by Gasteiger charge is -2.06. The maximum absolute atomic E-state index is 13.0. The van der Waals surface area contributed by atoms with E-state index in [1.54, 1.807) is 12.1 Å². The van der Waals surface area contributed by atoms with Crippen LogP contribution in [0.3, 0.4) is 0 Å². The van der Waals surface area contributed by atoms with Crippen LogP contribution in [0.25, 0.3) is 16.6 Å². The number of hydrogen-bond donors (Lipinski definition) is 2. The van der Waals surface area contributed by atoms with Crippen LogP contribution in [-0.4, -0.2) is 23.1 Å². The second-order valence-corrected chi connectivity index (χ2v) is 4.90. The molecule has 0 aliphatic heterocycles. The van der Waals surface area contributed by atoms with Crippen molar-refractivity contribution in [3.05, 3.63) is 66.0 Å². The summed E-state index contributed by atoms with van der Waals surface area (Å²) in [6.45, 7) is 4.04. The highest BCUT2D eigenvalue weighted by Crippen LogP contribution is 2.25. The smallest absolute Gasteiger partial charge is 0.375 e. The minimum absolute atomic E-state index is 0.115. The van der Waals surface area contributed by atoms with Crippen molar-refractivity contribution in [2.45, 2.75) is 0 Å². The lowest BCUT2D eigenvalue weighted by Crippen LogP contribution is -2.22. The van der Waals surface area contributed by atoms with E-state index in [-0.39, 0.29) is 11.8 Å². The average Bonchev–Trinajstić information content (AvgIpc) is 2.96. The van der Waals surface area contributed by atoms with Crippen molar-refractivity contribution in [3.8, 4) is 6.01 Å². The number of fused-ring (bicyclic) bond motifs is 1. The Kier molecular flexibility index (Phi) is 3.80. The standard InChI is InChI=1S/C17H14FN3O2/c1-10(11-3-6-13(18)7-4-11)12-5-8-14-15(9-12)21-16(20-14)23-17(22)19-2/h3-9H,1H2,2H3,(H,19,22)(H,20,21). The summed E-state index contributed by atoms with van der Waals surface area (Å²) >= 11 is 0. The molecule has 0 atom stereocenters. The van der Waals surface area contributed by atoms with Gasteiger partial charge in [-0.2, -0.15) is 4.98 Å². The number of imidazole rings is 1. The zero-order valence-electron chi connectivity index (χ0n) is 12.4. The first-order valence-corrected chi connectivity index (χ1v) is 6.91. The molecule has 0 aliphatic rings. The van der Waals surface area contributed by atoms with E-state index in [1.165, 1.54) is 19.2 Å². The van der Waals surface area contributed by atoms with Gasteiger partial charge < -0.3 is 15.0 Å². The molecular formula is C17H14FN3O2. The number of benzene rings is 2. The largest absolute Gasteiger partial charge is 0.414 e. The molecule has 0 spiro atoms. The Bertz CT molecular complexity index is 884. The Morgan fingerprint density at radius 3 is 2.61 bits per heavy atom. The van der Waals surface area contributed by atoms with Gasteiger partial charge in [0.1, 0.15) is 5.82 Å². The second kappa shape index (κ2) is 5.92. The second-order valence-electron chi connectivity index (χ2n) is 4.90. The molecule has 0 radical (unpaired) electrons. The van der Waals surface area contributed by atoms with Crippen LogP contribution in [0.15, 0.2) is 49.0 Å². The number of H-pyrrole nitrogens is 1. The highest BCUT2D eigenvalue weighted by molar-refractivity contribution is 5.85. The van der Waals surface area contributed by atoms with Crippen molar-refractivity contribution in [2.75, 3.05) is 7.05 Å². The van der Waals surface area contributed by atoms with Gasteiger partial charge in [-0.15, -0.1) is 0 Å². The summed E-state index contributed by atoms with van der Waals surface area (Å²) in [4.78, 5) is 18.3. The minimum Gasteiger partial charge on any atom is -0.375 e. The van der Waals surface area contributed by atoms with Crippen molar-refractivity contribution < 1.29 is 13.9 Å². The number of ether oxygens (including phenoxy) is 1. The van der Waals surface area contributed by atoms with Crippen LogP contribution in [-0.2, 0) is 0 Å². The fourth-order valence-electron chi connectivity index (χ4n) is 2.18. The van der Waals surface area contributed by atoms with Crippen LogP contribution < -0.4 is 10.1 Å². The van der Waals surface area contributed by atoms with E-state index < -0.39 is 6.09 Å². The molecule has 2 N–H and O–H groups in total. The predicted molar refractivity (Wildman–Crippen MR) is 85.7 cm³/mol. The molecule has 0 saturated heterocycles. The van der Waals surface area contributed by atoms with Crippen molar-refractivity contribution in [3.63, 3.8) is 0 Å². The van der Waals surface area contributed by atoms with E-state index in [0.717, 1.165) is 22.2 Å². The van der Waals surface area contributed by atoms with E-state index in [2.05, 4.69) is 21.9 Å². The van der Waals surface area contributed by atoms with E-state index in [1.807, 2.05) is 18.2 Å². The Labute approximate surface area is 131 Å². The Morgan fingerprint density at radius 1 is 1.22 bits per heavy atom. The lowest BCUT2D eigenvalue weighted by molar-refractivity contribution is 0.199.